The Morgan fingerprint density at radius 2 is 2.12 bits per heavy atom. The van der Waals surface area contributed by atoms with Crippen LogP contribution in [0, 0.1) is 0 Å². The minimum Gasteiger partial charge on any atom is -0.454 e. The highest BCUT2D eigenvalue weighted by Crippen LogP contribution is 2.36. The molecule has 1 aromatic carbocycles. The van der Waals surface area contributed by atoms with E-state index in [1.54, 1.807) is 6.07 Å². The maximum atomic E-state index is 12.8. The van der Waals surface area contributed by atoms with Crippen molar-refractivity contribution in [2.45, 2.75) is 38.6 Å². The van der Waals surface area contributed by atoms with Crippen molar-refractivity contribution >= 4 is 5.91 Å². The van der Waals surface area contributed by atoms with Gasteiger partial charge in [-0.1, -0.05) is 12.1 Å². The van der Waals surface area contributed by atoms with Crippen LogP contribution >= 0.6 is 0 Å². The summed E-state index contributed by atoms with van der Waals surface area (Å²) in [7, 11) is 0. The Kier molecular flexibility index (Phi) is 3.88. The minimum absolute atomic E-state index is 0.0442. The lowest BCUT2D eigenvalue weighted by Gasteiger charge is -2.34. The number of carbonyl (C=O) groups excluding carboxylic acids is 1. The van der Waals surface area contributed by atoms with Crippen LogP contribution in [0.4, 0.5) is 0 Å². The van der Waals surface area contributed by atoms with Gasteiger partial charge in [0.05, 0.1) is 0 Å². The molecule has 1 aromatic heterocycles. The summed E-state index contributed by atoms with van der Waals surface area (Å²) in [6.45, 7) is 3.15. The Labute approximate surface area is 140 Å². The van der Waals surface area contributed by atoms with E-state index < -0.39 is 0 Å². The average Bonchev–Trinajstić information content (AvgIpc) is 3.29. The van der Waals surface area contributed by atoms with Gasteiger partial charge in [-0.3, -0.25) is 4.79 Å². The van der Waals surface area contributed by atoms with Crippen LogP contribution in [-0.2, 0) is 0 Å². The molecule has 0 radical (unpaired) electrons. The standard InChI is InChI=1S/C18H20N2O4/c1-2-13-5-3-4-8-20(13)18(21)14-10-16(24-19-14)12-6-7-15-17(9-12)23-11-22-15/h6-7,9-10,13H,2-5,8,11H2,1H3/t13-/m1/s1. The zero-order valence-corrected chi connectivity index (χ0v) is 13.7. The molecule has 6 heteroatoms. The van der Waals surface area contributed by atoms with Crippen LogP contribution in [-0.4, -0.2) is 35.3 Å². The van der Waals surface area contributed by atoms with Gasteiger partial charge in [0.2, 0.25) is 6.79 Å². The second-order valence-electron chi connectivity index (χ2n) is 6.20. The van der Waals surface area contributed by atoms with E-state index in [0.29, 0.717) is 29.0 Å². The van der Waals surface area contributed by atoms with Gasteiger partial charge in [0, 0.05) is 24.2 Å². The predicted molar refractivity (Wildman–Crippen MR) is 87.0 cm³/mol. The number of carbonyl (C=O) groups is 1. The first-order valence-corrected chi connectivity index (χ1v) is 8.44. The summed E-state index contributed by atoms with van der Waals surface area (Å²) in [4.78, 5) is 14.7. The fourth-order valence-corrected chi connectivity index (χ4v) is 3.40. The van der Waals surface area contributed by atoms with Crippen LogP contribution in [0.15, 0.2) is 28.8 Å². The third kappa shape index (κ3) is 2.62. The first-order valence-electron chi connectivity index (χ1n) is 8.44. The molecule has 24 heavy (non-hydrogen) atoms. The number of amides is 1. The quantitative estimate of drug-likeness (QED) is 0.863. The predicted octanol–water partition coefficient (Wildman–Crippen LogP) is 3.48. The number of hydrogen-bond acceptors (Lipinski definition) is 5. The number of aromatic nitrogens is 1. The molecule has 4 rings (SSSR count). The summed E-state index contributed by atoms with van der Waals surface area (Å²) in [5.74, 6) is 1.91. The fourth-order valence-electron chi connectivity index (χ4n) is 3.40. The van der Waals surface area contributed by atoms with Gasteiger partial charge in [-0.15, -0.1) is 0 Å². The maximum Gasteiger partial charge on any atom is 0.276 e. The van der Waals surface area contributed by atoms with E-state index in [0.717, 1.165) is 31.4 Å². The normalized spacial score (nSPS) is 19.5. The molecule has 126 valence electrons. The second kappa shape index (κ2) is 6.19. The van der Waals surface area contributed by atoms with E-state index in [-0.39, 0.29) is 12.7 Å². The van der Waals surface area contributed by atoms with Crippen LogP contribution in [0.2, 0.25) is 0 Å². The average molecular weight is 328 g/mol. The molecule has 6 nitrogen and oxygen atoms in total. The van der Waals surface area contributed by atoms with Crippen molar-refractivity contribution in [1.82, 2.24) is 10.1 Å². The van der Waals surface area contributed by atoms with Crippen molar-refractivity contribution in [3.63, 3.8) is 0 Å². The first kappa shape index (κ1) is 15.1. The van der Waals surface area contributed by atoms with E-state index in [1.807, 2.05) is 23.1 Å². The summed E-state index contributed by atoms with van der Waals surface area (Å²) in [6, 6.07) is 7.56. The summed E-state index contributed by atoms with van der Waals surface area (Å²) in [5, 5.41) is 3.99. The highest BCUT2D eigenvalue weighted by molar-refractivity contribution is 5.93. The number of fused-ring (bicyclic) bond motifs is 1. The van der Waals surface area contributed by atoms with Crippen LogP contribution in [0.25, 0.3) is 11.3 Å². The van der Waals surface area contributed by atoms with E-state index >= 15 is 0 Å². The molecule has 1 fully saturated rings. The number of nitrogens with zero attached hydrogens (tertiary/aromatic N) is 2. The maximum absolute atomic E-state index is 12.8. The molecule has 0 spiro atoms. The van der Waals surface area contributed by atoms with Gasteiger partial charge in [0.25, 0.3) is 5.91 Å². The van der Waals surface area contributed by atoms with Gasteiger partial charge in [-0.05, 0) is 43.9 Å². The lowest BCUT2D eigenvalue weighted by atomic mass is 9.99. The molecule has 1 atom stereocenters. The zero-order chi connectivity index (χ0) is 16.5. The van der Waals surface area contributed by atoms with Crippen LogP contribution in [0.5, 0.6) is 11.5 Å². The minimum atomic E-state index is -0.0442. The number of rotatable bonds is 3. The van der Waals surface area contributed by atoms with Crippen molar-refractivity contribution in [1.29, 1.82) is 0 Å². The topological polar surface area (TPSA) is 64.8 Å². The number of piperidine rings is 1. The molecule has 0 unspecified atom stereocenters. The molecule has 0 bridgehead atoms. The smallest absolute Gasteiger partial charge is 0.276 e. The van der Waals surface area contributed by atoms with Crippen molar-refractivity contribution in [2.24, 2.45) is 0 Å². The van der Waals surface area contributed by atoms with E-state index in [1.165, 1.54) is 6.42 Å². The highest BCUT2D eigenvalue weighted by atomic mass is 16.7. The number of likely N-dealkylation sites (tertiary alicyclic amines) is 1. The Hall–Kier alpha value is -2.50. The fraction of sp³-hybridized carbons (Fsp3) is 0.444. The van der Waals surface area contributed by atoms with Crippen molar-refractivity contribution in [2.75, 3.05) is 13.3 Å². The lowest BCUT2D eigenvalue weighted by molar-refractivity contribution is 0.0597. The first-order chi connectivity index (χ1) is 11.8. The van der Waals surface area contributed by atoms with Gasteiger partial charge in [-0.25, -0.2) is 0 Å². The van der Waals surface area contributed by atoms with Crippen molar-refractivity contribution in [3.05, 3.63) is 30.0 Å². The van der Waals surface area contributed by atoms with E-state index in [2.05, 4.69) is 12.1 Å². The van der Waals surface area contributed by atoms with Crippen LogP contribution < -0.4 is 9.47 Å². The number of benzene rings is 1. The molecule has 2 aromatic rings. The molecule has 3 heterocycles. The summed E-state index contributed by atoms with van der Waals surface area (Å²) >= 11 is 0. The Bertz CT molecular complexity index is 755. The van der Waals surface area contributed by atoms with Gasteiger partial charge in [0.15, 0.2) is 23.0 Å². The van der Waals surface area contributed by atoms with Gasteiger partial charge >= 0.3 is 0 Å². The van der Waals surface area contributed by atoms with Gasteiger partial charge in [-0.2, -0.15) is 0 Å². The largest absolute Gasteiger partial charge is 0.454 e. The van der Waals surface area contributed by atoms with Crippen LogP contribution in [0.3, 0.4) is 0 Å². The second-order valence-corrected chi connectivity index (χ2v) is 6.20. The summed E-state index contributed by atoms with van der Waals surface area (Å²) in [5.41, 5.74) is 1.18. The third-order valence-electron chi connectivity index (χ3n) is 4.75. The highest BCUT2D eigenvalue weighted by Gasteiger charge is 2.28. The molecule has 1 amide bonds. The lowest BCUT2D eigenvalue weighted by Crippen LogP contribution is -2.43. The molecule has 0 N–H and O–H groups in total. The molecular weight excluding hydrogens is 308 g/mol. The van der Waals surface area contributed by atoms with E-state index in [4.69, 9.17) is 14.0 Å². The Balaban J connectivity index is 1.57. The SMILES string of the molecule is CC[C@@H]1CCCCN1C(=O)c1cc(-c2ccc3c(c2)OCO3)on1. The molecule has 1 saturated heterocycles. The molecule has 2 aliphatic rings. The molecule has 0 saturated carbocycles. The van der Waals surface area contributed by atoms with E-state index in [9.17, 15) is 4.79 Å². The van der Waals surface area contributed by atoms with Gasteiger partial charge in [0.1, 0.15) is 0 Å². The van der Waals surface area contributed by atoms with Gasteiger partial charge < -0.3 is 18.9 Å². The molecule has 0 aliphatic carbocycles. The molecular formula is C18H20N2O4. The summed E-state index contributed by atoms with van der Waals surface area (Å²) in [6.07, 6.45) is 4.27. The van der Waals surface area contributed by atoms with Crippen molar-refractivity contribution in [3.8, 4) is 22.8 Å². The van der Waals surface area contributed by atoms with Crippen LogP contribution in [0.1, 0.15) is 43.1 Å². The monoisotopic (exact) mass is 328 g/mol. The molecule has 2 aliphatic heterocycles. The third-order valence-corrected chi connectivity index (χ3v) is 4.75. The Morgan fingerprint density at radius 1 is 1.25 bits per heavy atom. The Morgan fingerprint density at radius 3 is 3.00 bits per heavy atom. The number of ether oxygens (including phenoxy) is 2. The zero-order valence-electron chi connectivity index (χ0n) is 13.7. The van der Waals surface area contributed by atoms with Crippen molar-refractivity contribution < 1.29 is 18.8 Å². The number of hydrogen-bond donors (Lipinski definition) is 0. The summed E-state index contributed by atoms with van der Waals surface area (Å²) < 4.78 is 16.1.